The molecule has 1 aromatic rings. The van der Waals surface area contributed by atoms with Gasteiger partial charge in [-0.2, -0.15) is 0 Å². The summed E-state index contributed by atoms with van der Waals surface area (Å²) < 4.78 is 5.14. The summed E-state index contributed by atoms with van der Waals surface area (Å²) in [5, 5.41) is 25.5. The Morgan fingerprint density at radius 1 is 1.60 bits per heavy atom. The number of benzene rings is 1. The number of amides is 1. The molecule has 0 aliphatic carbocycles. The Labute approximate surface area is 114 Å². The second-order valence-electron chi connectivity index (χ2n) is 4.63. The maximum atomic E-state index is 11.2. The minimum Gasteiger partial charge on any atom is -0.481 e. The van der Waals surface area contributed by atoms with Crippen LogP contribution in [0.4, 0.5) is 17.1 Å². The molecular weight excluding hydrogens is 266 g/mol. The summed E-state index contributed by atoms with van der Waals surface area (Å²) >= 11 is 0. The lowest BCUT2D eigenvalue weighted by molar-refractivity contribution is -0.384. The van der Waals surface area contributed by atoms with Crippen molar-refractivity contribution in [2.24, 2.45) is 5.92 Å². The number of aliphatic hydroxyl groups is 1. The van der Waals surface area contributed by atoms with Gasteiger partial charge in [-0.25, -0.2) is 0 Å². The van der Waals surface area contributed by atoms with Crippen molar-refractivity contribution in [1.29, 1.82) is 0 Å². The van der Waals surface area contributed by atoms with Crippen LogP contribution in [-0.4, -0.2) is 35.7 Å². The van der Waals surface area contributed by atoms with E-state index in [1.165, 1.54) is 12.1 Å². The van der Waals surface area contributed by atoms with Crippen LogP contribution in [-0.2, 0) is 4.79 Å². The molecule has 0 saturated heterocycles. The molecule has 0 saturated carbocycles. The summed E-state index contributed by atoms with van der Waals surface area (Å²) in [6.45, 7) is 2.01. The van der Waals surface area contributed by atoms with Gasteiger partial charge in [0.2, 0.25) is 0 Å². The average molecular weight is 281 g/mol. The summed E-state index contributed by atoms with van der Waals surface area (Å²) in [7, 11) is 0. The van der Waals surface area contributed by atoms with Crippen molar-refractivity contribution < 1.29 is 19.6 Å². The zero-order valence-electron chi connectivity index (χ0n) is 10.9. The minimum atomic E-state index is -0.522. The number of fused-ring (bicyclic) bond motifs is 1. The number of nitro groups is 1. The number of rotatable bonds is 5. The van der Waals surface area contributed by atoms with Crippen LogP contribution in [0.2, 0.25) is 0 Å². The van der Waals surface area contributed by atoms with Crippen LogP contribution in [0.1, 0.15) is 6.92 Å². The third-order valence-corrected chi connectivity index (χ3v) is 2.88. The first-order valence-corrected chi connectivity index (χ1v) is 6.11. The fourth-order valence-electron chi connectivity index (χ4n) is 1.76. The van der Waals surface area contributed by atoms with E-state index in [0.717, 1.165) is 0 Å². The molecule has 1 unspecified atom stereocenters. The SMILES string of the molecule is CC(CO)CNc1cc2c(cc1[N+](=O)[O-])OCC(=O)N2. The summed E-state index contributed by atoms with van der Waals surface area (Å²) in [5.41, 5.74) is 0.538. The molecule has 0 spiro atoms. The predicted molar refractivity (Wildman–Crippen MR) is 72.0 cm³/mol. The van der Waals surface area contributed by atoms with Gasteiger partial charge in [-0.15, -0.1) is 0 Å². The largest absolute Gasteiger partial charge is 0.481 e. The van der Waals surface area contributed by atoms with Crippen molar-refractivity contribution >= 4 is 23.0 Å². The second-order valence-corrected chi connectivity index (χ2v) is 4.63. The highest BCUT2D eigenvalue weighted by Gasteiger charge is 2.23. The molecular formula is C12H15N3O5. The van der Waals surface area contributed by atoms with Crippen molar-refractivity contribution in [2.45, 2.75) is 6.92 Å². The molecule has 2 rings (SSSR count). The molecule has 1 amide bonds. The van der Waals surface area contributed by atoms with Gasteiger partial charge in [-0.3, -0.25) is 14.9 Å². The van der Waals surface area contributed by atoms with Gasteiger partial charge < -0.3 is 20.5 Å². The smallest absolute Gasteiger partial charge is 0.296 e. The number of hydrogen-bond acceptors (Lipinski definition) is 6. The van der Waals surface area contributed by atoms with Crippen molar-refractivity contribution in [3.63, 3.8) is 0 Å². The van der Waals surface area contributed by atoms with Crippen LogP contribution >= 0.6 is 0 Å². The van der Waals surface area contributed by atoms with E-state index in [9.17, 15) is 14.9 Å². The molecule has 0 radical (unpaired) electrons. The Bertz CT molecular complexity index is 546. The predicted octanol–water partition coefficient (Wildman–Crippen LogP) is 0.966. The average Bonchev–Trinajstić information content (AvgIpc) is 2.43. The van der Waals surface area contributed by atoms with Crippen molar-refractivity contribution in [1.82, 2.24) is 0 Å². The van der Waals surface area contributed by atoms with E-state index < -0.39 is 4.92 Å². The van der Waals surface area contributed by atoms with E-state index in [0.29, 0.717) is 12.2 Å². The van der Waals surface area contributed by atoms with E-state index in [2.05, 4.69) is 10.6 Å². The van der Waals surface area contributed by atoms with Crippen LogP contribution in [0.3, 0.4) is 0 Å². The Morgan fingerprint density at radius 2 is 2.35 bits per heavy atom. The van der Waals surface area contributed by atoms with Crippen molar-refractivity contribution in [2.75, 3.05) is 30.4 Å². The standard InChI is InChI=1S/C12H15N3O5/c1-7(5-16)4-13-8-2-9-11(3-10(8)15(18)19)20-6-12(17)14-9/h2-3,7,13,16H,4-6H2,1H3,(H,14,17). The van der Waals surface area contributed by atoms with Crippen LogP contribution in [0.5, 0.6) is 5.75 Å². The Kier molecular flexibility index (Phi) is 4.04. The molecule has 3 N–H and O–H groups in total. The Morgan fingerprint density at radius 3 is 3.00 bits per heavy atom. The number of ether oxygens (including phenoxy) is 1. The maximum Gasteiger partial charge on any atom is 0.296 e. The van der Waals surface area contributed by atoms with Gasteiger partial charge in [0, 0.05) is 13.2 Å². The summed E-state index contributed by atoms with van der Waals surface area (Å²) in [6, 6.07) is 2.75. The van der Waals surface area contributed by atoms with Gasteiger partial charge in [-0.05, 0) is 12.0 Å². The van der Waals surface area contributed by atoms with E-state index in [4.69, 9.17) is 9.84 Å². The molecule has 108 valence electrons. The van der Waals surface area contributed by atoms with Crippen LogP contribution in [0.15, 0.2) is 12.1 Å². The van der Waals surface area contributed by atoms with Crippen LogP contribution < -0.4 is 15.4 Å². The van der Waals surface area contributed by atoms with Gasteiger partial charge in [0.05, 0.1) is 16.7 Å². The first kappa shape index (κ1) is 14.1. The number of aliphatic hydroxyl groups excluding tert-OH is 1. The zero-order chi connectivity index (χ0) is 14.7. The monoisotopic (exact) mass is 281 g/mol. The molecule has 0 fully saturated rings. The lowest BCUT2D eigenvalue weighted by atomic mass is 10.1. The molecule has 0 aromatic heterocycles. The maximum absolute atomic E-state index is 11.2. The first-order chi connectivity index (χ1) is 9.51. The number of hydrogen-bond donors (Lipinski definition) is 3. The van der Waals surface area contributed by atoms with E-state index >= 15 is 0 Å². The molecule has 8 heteroatoms. The number of carbonyl (C=O) groups is 1. The highest BCUT2D eigenvalue weighted by molar-refractivity contribution is 5.96. The van der Waals surface area contributed by atoms with Gasteiger partial charge in [0.25, 0.3) is 11.6 Å². The molecule has 20 heavy (non-hydrogen) atoms. The lowest BCUT2D eigenvalue weighted by Gasteiger charge is -2.19. The molecule has 0 bridgehead atoms. The van der Waals surface area contributed by atoms with Crippen molar-refractivity contribution in [3.05, 3.63) is 22.2 Å². The van der Waals surface area contributed by atoms with E-state index in [1.807, 2.05) is 6.92 Å². The summed E-state index contributed by atoms with van der Waals surface area (Å²) in [5.74, 6) is -0.0745. The quantitative estimate of drug-likeness (QED) is 0.547. The summed E-state index contributed by atoms with van der Waals surface area (Å²) in [6.07, 6.45) is 0. The van der Waals surface area contributed by atoms with Crippen LogP contribution in [0, 0.1) is 16.0 Å². The second kappa shape index (κ2) is 5.74. The normalized spacial score (nSPS) is 14.8. The molecule has 1 aliphatic rings. The van der Waals surface area contributed by atoms with E-state index in [-0.39, 0.29) is 42.2 Å². The number of nitro benzene ring substituents is 1. The van der Waals surface area contributed by atoms with E-state index in [1.54, 1.807) is 0 Å². The highest BCUT2D eigenvalue weighted by Crippen LogP contribution is 2.37. The Hall–Kier alpha value is -2.35. The number of carbonyl (C=O) groups excluding carboxylic acids is 1. The molecule has 8 nitrogen and oxygen atoms in total. The highest BCUT2D eigenvalue weighted by atomic mass is 16.6. The number of nitrogens with one attached hydrogen (secondary N) is 2. The fourth-order valence-corrected chi connectivity index (χ4v) is 1.76. The zero-order valence-corrected chi connectivity index (χ0v) is 10.9. The fraction of sp³-hybridized carbons (Fsp3) is 0.417. The third-order valence-electron chi connectivity index (χ3n) is 2.88. The third kappa shape index (κ3) is 2.97. The van der Waals surface area contributed by atoms with Gasteiger partial charge in [0.15, 0.2) is 12.4 Å². The van der Waals surface area contributed by atoms with Gasteiger partial charge in [0.1, 0.15) is 5.69 Å². The van der Waals surface area contributed by atoms with Gasteiger partial charge in [-0.1, -0.05) is 6.92 Å². The lowest BCUT2D eigenvalue weighted by Crippen LogP contribution is -2.25. The summed E-state index contributed by atoms with van der Waals surface area (Å²) in [4.78, 5) is 21.8. The molecule has 1 atom stereocenters. The number of nitrogens with zero attached hydrogens (tertiary/aromatic N) is 1. The molecule has 1 aliphatic heterocycles. The number of anilines is 2. The topological polar surface area (TPSA) is 114 Å². The van der Waals surface area contributed by atoms with Gasteiger partial charge >= 0.3 is 0 Å². The molecule has 1 heterocycles. The first-order valence-electron chi connectivity index (χ1n) is 6.11. The van der Waals surface area contributed by atoms with Crippen molar-refractivity contribution in [3.8, 4) is 5.75 Å². The van der Waals surface area contributed by atoms with Crippen LogP contribution in [0.25, 0.3) is 0 Å². The Balaban J connectivity index is 2.30. The minimum absolute atomic E-state index is 0.0222. The molecule has 1 aromatic carbocycles.